The Balaban J connectivity index is 0.00000169. The smallest absolute Gasteiger partial charge is 0.290 e. The molecule has 2 bridgehead atoms. The topological polar surface area (TPSA) is 54.7 Å². The van der Waals surface area contributed by atoms with E-state index in [-0.39, 0.29) is 24.4 Å². The van der Waals surface area contributed by atoms with E-state index in [9.17, 15) is 4.79 Å². The van der Waals surface area contributed by atoms with Crippen LogP contribution in [0.3, 0.4) is 0 Å². The first-order valence-corrected chi connectivity index (χ1v) is 8.17. The molecular formula is C18H21ClN2O3. The minimum Gasteiger partial charge on any atom is -0.426 e. The Labute approximate surface area is 147 Å². The summed E-state index contributed by atoms with van der Waals surface area (Å²) in [6.45, 7) is 1.85. The summed E-state index contributed by atoms with van der Waals surface area (Å²) in [6.07, 6.45) is 3.17. The third-order valence-electron chi connectivity index (χ3n) is 4.64. The Morgan fingerprint density at radius 1 is 1.08 bits per heavy atom. The number of para-hydroxylation sites is 1. The van der Waals surface area contributed by atoms with Crippen LogP contribution in [0.1, 0.15) is 29.8 Å². The lowest BCUT2D eigenvalue weighted by atomic mass is 10.1. The quantitative estimate of drug-likeness (QED) is 0.923. The number of carbonyl (C=O) groups excluding carboxylic acids is 1. The van der Waals surface area contributed by atoms with Gasteiger partial charge < -0.3 is 19.4 Å². The second-order valence-corrected chi connectivity index (χ2v) is 6.12. The minimum absolute atomic E-state index is 0. The van der Waals surface area contributed by atoms with Gasteiger partial charge in [0.2, 0.25) is 0 Å². The number of hydrogen-bond acceptors (Lipinski definition) is 4. The average molecular weight is 349 g/mol. The van der Waals surface area contributed by atoms with E-state index in [1.165, 1.54) is 0 Å². The molecule has 2 aromatic rings. The number of ether oxygens (including phenoxy) is 1. The highest BCUT2D eigenvalue weighted by Gasteiger charge is 2.39. The Morgan fingerprint density at radius 3 is 2.71 bits per heavy atom. The van der Waals surface area contributed by atoms with E-state index < -0.39 is 0 Å². The summed E-state index contributed by atoms with van der Waals surface area (Å²) in [5, 5.41) is 3.40. The van der Waals surface area contributed by atoms with E-state index >= 15 is 0 Å². The second kappa shape index (κ2) is 7.28. The summed E-state index contributed by atoms with van der Waals surface area (Å²) < 4.78 is 11.3. The normalized spacial score (nSPS) is 22.6. The zero-order valence-electron chi connectivity index (χ0n) is 13.3. The highest BCUT2D eigenvalue weighted by atomic mass is 35.5. The number of halogens is 1. The monoisotopic (exact) mass is 348 g/mol. The van der Waals surface area contributed by atoms with Gasteiger partial charge in [-0.25, -0.2) is 0 Å². The van der Waals surface area contributed by atoms with E-state index in [1.54, 1.807) is 12.1 Å². The summed E-state index contributed by atoms with van der Waals surface area (Å²) >= 11 is 0. The predicted octanol–water partition coefficient (Wildman–Crippen LogP) is 3.46. The minimum atomic E-state index is -0.0240. The van der Waals surface area contributed by atoms with Crippen LogP contribution in [0.15, 0.2) is 46.9 Å². The molecule has 4 rings (SSSR count). The first-order chi connectivity index (χ1) is 11.3. The Morgan fingerprint density at radius 2 is 1.88 bits per heavy atom. The number of hydrogen-bond donors (Lipinski definition) is 1. The van der Waals surface area contributed by atoms with Crippen molar-refractivity contribution in [3.63, 3.8) is 0 Å². The van der Waals surface area contributed by atoms with Crippen molar-refractivity contribution in [1.82, 2.24) is 10.2 Å². The molecule has 6 heteroatoms. The summed E-state index contributed by atoms with van der Waals surface area (Å²) in [5.41, 5.74) is 0. The van der Waals surface area contributed by atoms with Gasteiger partial charge in [0.1, 0.15) is 5.75 Å². The molecule has 1 aromatic carbocycles. The van der Waals surface area contributed by atoms with Gasteiger partial charge >= 0.3 is 0 Å². The van der Waals surface area contributed by atoms with Gasteiger partial charge in [0.05, 0.1) is 0 Å². The van der Waals surface area contributed by atoms with Crippen LogP contribution in [0.4, 0.5) is 0 Å². The standard InChI is InChI=1S/C18H20N2O3.ClH/c21-18(20-13-6-7-14(20)12-19-11-10-13)16-8-9-17(23-16)22-15-4-2-1-3-5-15;/h1-5,8-9,13-14,19H,6-7,10-12H2;1H. The van der Waals surface area contributed by atoms with Gasteiger partial charge in [0.15, 0.2) is 5.76 Å². The van der Waals surface area contributed by atoms with E-state index in [0.717, 1.165) is 32.4 Å². The molecule has 3 heterocycles. The largest absolute Gasteiger partial charge is 0.426 e. The molecule has 1 N–H and O–H groups in total. The first-order valence-electron chi connectivity index (χ1n) is 8.17. The first kappa shape index (κ1) is 16.9. The van der Waals surface area contributed by atoms with E-state index in [4.69, 9.17) is 9.15 Å². The van der Waals surface area contributed by atoms with Crippen LogP contribution in [-0.2, 0) is 0 Å². The molecule has 1 amide bonds. The summed E-state index contributed by atoms with van der Waals surface area (Å²) in [7, 11) is 0. The molecule has 1 aromatic heterocycles. The fourth-order valence-electron chi connectivity index (χ4n) is 3.54. The van der Waals surface area contributed by atoms with E-state index in [0.29, 0.717) is 23.5 Å². The molecule has 0 radical (unpaired) electrons. The van der Waals surface area contributed by atoms with E-state index in [1.807, 2.05) is 35.2 Å². The molecule has 0 saturated carbocycles. The van der Waals surface area contributed by atoms with Crippen molar-refractivity contribution < 1.29 is 13.9 Å². The predicted molar refractivity (Wildman–Crippen MR) is 92.9 cm³/mol. The molecule has 0 aliphatic carbocycles. The Hall–Kier alpha value is -1.98. The molecule has 5 nitrogen and oxygen atoms in total. The van der Waals surface area contributed by atoms with Crippen molar-refractivity contribution in [3.8, 4) is 11.7 Å². The van der Waals surface area contributed by atoms with Crippen molar-refractivity contribution in [2.24, 2.45) is 0 Å². The summed E-state index contributed by atoms with van der Waals surface area (Å²) in [6, 6.07) is 13.4. The lowest BCUT2D eigenvalue weighted by molar-refractivity contribution is 0.0642. The number of fused-ring (bicyclic) bond motifs is 2. The van der Waals surface area contributed by atoms with Crippen LogP contribution in [0, 0.1) is 0 Å². The number of nitrogens with zero attached hydrogens (tertiary/aromatic N) is 1. The van der Waals surface area contributed by atoms with Gasteiger partial charge in [-0.1, -0.05) is 18.2 Å². The van der Waals surface area contributed by atoms with Gasteiger partial charge in [-0.05, 0) is 44.0 Å². The molecule has 2 unspecified atom stereocenters. The van der Waals surface area contributed by atoms with Crippen LogP contribution in [0.2, 0.25) is 0 Å². The zero-order chi connectivity index (χ0) is 15.6. The van der Waals surface area contributed by atoms with Gasteiger partial charge in [-0.2, -0.15) is 0 Å². The molecule has 2 fully saturated rings. The van der Waals surface area contributed by atoms with Crippen molar-refractivity contribution >= 4 is 18.3 Å². The zero-order valence-corrected chi connectivity index (χ0v) is 14.1. The fourth-order valence-corrected chi connectivity index (χ4v) is 3.54. The molecule has 0 spiro atoms. The molecule has 128 valence electrons. The van der Waals surface area contributed by atoms with Crippen molar-refractivity contribution in [3.05, 3.63) is 48.2 Å². The molecule has 2 saturated heterocycles. The number of rotatable bonds is 3. The number of furan rings is 1. The van der Waals surface area contributed by atoms with E-state index in [2.05, 4.69) is 5.32 Å². The molecular weight excluding hydrogens is 328 g/mol. The lowest BCUT2D eigenvalue weighted by Crippen LogP contribution is -2.42. The summed E-state index contributed by atoms with van der Waals surface area (Å²) in [5.74, 6) is 1.37. The highest BCUT2D eigenvalue weighted by Crippen LogP contribution is 2.31. The maximum Gasteiger partial charge on any atom is 0.290 e. The second-order valence-electron chi connectivity index (χ2n) is 6.12. The van der Waals surface area contributed by atoms with Crippen LogP contribution in [-0.4, -0.2) is 36.0 Å². The number of nitrogens with one attached hydrogen (secondary N) is 1. The number of amides is 1. The Bertz CT molecular complexity index is 675. The fraction of sp³-hybridized carbons (Fsp3) is 0.389. The van der Waals surface area contributed by atoms with Crippen molar-refractivity contribution in [2.75, 3.05) is 13.1 Å². The molecule has 2 aliphatic rings. The van der Waals surface area contributed by atoms with Gasteiger partial charge in [-0.15, -0.1) is 12.4 Å². The van der Waals surface area contributed by atoms with Gasteiger partial charge in [0, 0.05) is 24.7 Å². The molecule has 2 atom stereocenters. The maximum absolute atomic E-state index is 12.8. The molecule has 2 aliphatic heterocycles. The van der Waals surface area contributed by atoms with Crippen LogP contribution < -0.4 is 10.1 Å². The highest BCUT2D eigenvalue weighted by molar-refractivity contribution is 5.92. The number of benzene rings is 1. The van der Waals surface area contributed by atoms with Crippen LogP contribution in [0.25, 0.3) is 0 Å². The third-order valence-corrected chi connectivity index (χ3v) is 4.64. The maximum atomic E-state index is 12.8. The molecule has 24 heavy (non-hydrogen) atoms. The van der Waals surface area contributed by atoms with Crippen LogP contribution >= 0.6 is 12.4 Å². The lowest BCUT2D eigenvalue weighted by Gasteiger charge is -2.26. The van der Waals surface area contributed by atoms with Gasteiger partial charge in [-0.3, -0.25) is 4.79 Å². The SMILES string of the molecule is Cl.O=C(c1ccc(Oc2ccccc2)o1)N1C2CCNCC1CC2. The Kier molecular flexibility index (Phi) is 5.11. The average Bonchev–Trinajstić information content (AvgIpc) is 3.11. The summed E-state index contributed by atoms with van der Waals surface area (Å²) in [4.78, 5) is 14.8. The van der Waals surface area contributed by atoms with Crippen LogP contribution in [0.5, 0.6) is 11.7 Å². The van der Waals surface area contributed by atoms with Crippen molar-refractivity contribution in [2.45, 2.75) is 31.3 Å². The van der Waals surface area contributed by atoms with Crippen molar-refractivity contribution in [1.29, 1.82) is 0 Å². The van der Waals surface area contributed by atoms with Gasteiger partial charge in [0.25, 0.3) is 11.9 Å². The number of carbonyl (C=O) groups is 1. The third kappa shape index (κ3) is 3.28.